The Labute approximate surface area is 172 Å². The first-order valence-corrected chi connectivity index (χ1v) is 9.71. The number of hydrogen-bond donors (Lipinski definition) is 3. The molecule has 0 saturated heterocycles. The number of carbonyl (C=O) groups excluding carboxylic acids is 1. The van der Waals surface area contributed by atoms with E-state index in [1.807, 2.05) is 42.5 Å². The van der Waals surface area contributed by atoms with Gasteiger partial charge in [0.15, 0.2) is 0 Å². The average molecular weight is 393 g/mol. The molecule has 5 nitrogen and oxygen atoms in total. The minimum atomic E-state index is -0.434. The monoisotopic (exact) mass is 393 g/mol. The molecule has 3 aromatic carbocycles. The second-order valence-electron chi connectivity index (χ2n) is 7.33. The third kappa shape index (κ3) is 3.06. The Kier molecular flexibility index (Phi) is 4.21. The van der Waals surface area contributed by atoms with Gasteiger partial charge in [-0.05, 0) is 48.9 Å². The van der Waals surface area contributed by atoms with Gasteiger partial charge in [-0.15, -0.1) is 0 Å². The van der Waals surface area contributed by atoms with Gasteiger partial charge in [0.25, 0.3) is 5.91 Å². The molecule has 0 unspecified atom stereocenters. The first-order chi connectivity index (χ1) is 14.6. The Morgan fingerprint density at radius 2 is 1.70 bits per heavy atom. The van der Waals surface area contributed by atoms with E-state index in [4.69, 9.17) is 0 Å². The van der Waals surface area contributed by atoms with Crippen LogP contribution in [-0.4, -0.2) is 15.9 Å². The fourth-order valence-electron chi connectivity index (χ4n) is 3.77. The molecule has 30 heavy (non-hydrogen) atoms. The number of anilines is 1. The lowest BCUT2D eigenvalue weighted by Crippen LogP contribution is -2.21. The normalized spacial score (nSPS) is 11.1. The molecule has 5 rings (SSSR count). The molecule has 3 N–H and O–H groups in total. The Bertz CT molecular complexity index is 1480. The summed E-state index contributed by atoms with van der Waals surface area (Å²) < 4.78 is 0. The van der Waals surface area contributed by atoms with Crippen molar-refractivity contribution in [2.75, 3.05) is 5.32 Å². The summed E-state index contributed by atoms with van der Waals surface area (Å²) in [7, 11) is 0. The summed E-state index contributed by atoms with van der Waals surface area (Å²) in [5.41, 5.74) is 5.48. The molecule has 5 heteroatoms. The van der Waals surface area contributed by atoms with Crippen molar-refractivity contribution in [3.05, 3.63) is 100 Å². The van der Waals surface area contributed by atoms with Gasteiger partial charge in [0.2, 0.25) is 5.43 Å². The molecule has 0 aliphatic heterocycles. The van der Waals surface area contributed by atoms with Gasteiger partial charge in [-0.25, -0.2) is 0 Å². The van der Waals surface area contributed by atoms with Crippen LogP contribution in [0.2, 0.25) is 0 Å². The Morgan fingerprint density at radius 3 is 2.57 bits per heavy atom. The van der Waals surface area contributed by atoms with Crippen LogP contribution in [-0.2, 0) is 0 Å². The van der Waals surface area contributed by atoms with E-state index in [9.17, 15) is 9.59 Å². The van der Waals surface area contributed by atoms with Crippen LogP contribution in [0.1, 0.15) is 15.9 Å². The standard InChI is InChI=1S/C25H19N3O2/c1-15-6-2-3-7-18(15)23-13-16-12-17(10-11-21(16)28-23)27-25(30)20-14-26-22-9-5-4-8-19(22)24(20)29/h2-14,28H,1H3,(H,26,29)(H,27,30). The maximum absolute atomic E-state index is 12.7. The highest BCUT2D eigenvalue weighted by Gasteiger charge is 2.14. The molecule has 0 aliphatic carbocycles. The maximum Gasteiger partial charge on any atom is 0.261 e. The third-order valence-corrected chi connectivity index (χ3v) is 5.35. The number of para-hydroxylation sites is 1. The maximum atomic E-state index is 12.7. The van der Waals surface area contributed by atoms with Crippen molar-refractivity contribution in [2.45, 2.75) is 6.92 Å². The van der Waals surface area contributed by atoms with Crippen molar-refractivity contribution in [3.63, 3.8) is 0 Å². The van der Waals surface area contributed by atoms with Gasteiger partial charge in [-0.2, -0.15) is 0 Å². The number of aromatic nitrogens is 2. The number of H-pyrrole nitrogens is 2. The summed E-state index contributed by atoms with van der Waals surface area (Å²) in [6.07, 6.45) is 1.46. The van der Waals surface area contributed by atoms with Gasteiger partial charge in [0.1, 0.15) is 5.56 Å². The van der Waals surface area contributed by atoms with Gasteiger partial charge in [-0.1, -0.05) is 36.4 Å². The second kappa shape index (κ2) is 7.04. The molecule has 5 aromatic rings. The van der Waals surface area contributed by atoms with E-state index in [0.29, 0.717) is 16.6 Å². The number of carbonyl (C=O) groups is 1. The Morgan fingerprint density at radius 1 is 0.900 bits per heavy atom. The van der Waals surface area contributed by atoms with Crippen molar-refractivity contribution >= 4 is 33.4 Å². The second-order valence-corrected chi connectivity index (χ2v) is 7.33. The van der Waals surface area contributed by atoms with Gasteiger partial charge in [0, 0.05) is 44.9 Å². The van der Waals surface area contributed by atoms with Crippen LogP contribution in [0.15, 0.2) is 83.8 Å². The molecule has 0 fully saturated rings. The molecule has 0 bridgehead atoms. The molecular weight excluding hydrogens is 374 g/mol. The van der Waals surface area contributed by atoms with Crippen LogP contribution < -0.4 is 10.7 Å². The van der Waals surface area contributed by atoms with Crippen LogP contribution >= 0.6 is 0 Å². The summed E-state index contributed by atoms with van der Waals surface area (Å²) in [4.78, 5) is 31.9. The largest absolute Gasteiger partial charge is 0.360 e. The van der Waals surface area contributed by atoms with Gasteiger partial charge >= 0.3 is 0 Å². The number of pyridine rings is 1. The van der Waals surface area contributed by atoms with Crippen molar-refractivity contribution in [3.8, 4) is 11.3 Å². The van der Waals surface area contributed by atoms with E-state index in [-0.39, 0.29) is 11.0 Å². The van der Waals surface area contributed by atoms with E-state index in [2.05, 4.69) is 40.4 Å². The zero-order chi connectivity index (χ0) is 20.7. The molecule has 0 aliphatic rings. The van der Waals surface area contributed by atoms with Crippen LogP contribution in [0.5, 0.6) is 0 Å². The number of hydrogen-bond acceptors (Lipinski definition) is 2. The molecule has 146 valence electrons. The number of benzene rings is 3. The number of aryl methyl sites for hydroxylation is 1. The smallest absolute Gasteiger partial charge is 0.261 e. The van der Waals surface area contributed by atoms with Gasteiger partial charge < -0.3 is 15.3 Å². The van der Waals surface area contributed by atoms with E-state index < -0.39 is 5.91 Å². The predicted octanol–water partition coefficient (Wildman–Crippen LogP) is 5.24. The SMILES string of the molecule is Cc1ccccc1-c1cc2cc(NC(=O)c3c[nH]c4ccccc4c3=O)ccc2[nH]1. The predicted molar refractivity (Wildman–Crippen MR) is 121 cm³/mol. The van der Waals surface area contributed by atoms with Gasteiger partial charge in [-0.3, -0.25) is 9.59 Å². The number of amides is 1. The quantitative estimate of drug-likeness (QED) is 0.392. The van der Waals surface area contributed by atoms with Crippen LogP contribution in [0, 0.1) is 6.92 Å². The van der Waals surface area contributed by atoms with Crippen LogP contribution in [0.25, 0.3) is 33.1 Å². The summed E-state index contributed by atoms with van der Waals surface area (Å²) in [5, 5.41) is 4.32. The topological polar surface area (TPSA) is 77.8 Å². The summed E-state index contributed by atoms with van der Waals surface area (Å²) in [6, 6.07) is 23.1. The lowest BCUT2D eigenvalue weighted by atomic mass is 10.1. The Hall–Kier alpha value is -4.12. The van der Waals surface area contributed by atoms with Crippen molar-refractivity contribution in [2.24, 2.45) is 0 Å². The Balaban J connectivity index is 1.47. The summed E-state index contributed by atoms with van der Waals surface area (Å²) in [5.74, 6) is -0.434. The van der Waals surface area contributed by atoms with Crippen molar-refractivity contribution in [1.82, 2.24) is 9.97 Å². The molecular formula is C25H19N3O2. The highest BCUT2D eigenvalue weighted by atomic mass is 16.2. The fourth-order valence-corrected chi connectivity index (χ4v) is 3.77. The third-order valence-electron chi connectivity index (χ3n) is 5.35. The highest BCUT2D eigenvalue weighted by Crippen LogP contribution is 2.28. The minimum absolute atomic E-state index is 0.0865. The highest BCUT2D eigenvalue weighted by molar-refractivity contribution is 6.06. The molecule has 0 spiro atoms. The zero-order valence-corrected chi connectivity index (χ0v) is 16.3. The van der Waals surface area contributed by atoms with E-state index in [1.54, 1.807) is 12.1 Å². The van der Waals surface area contributed by atoms with Crippen molar-refractivity contribution < 1.29 is 4.79 Å². The first kappa shape index (κ1) is 17.9. The van der Waals surface area contributed by atoms with E-state index >= 15 is 0 Å². The molecule has 0 atom stereocenters. The molecule has 0 saturated carbocycles. The average Bonchev–Trinajstić information content (AvgIpc) is 3.17. The van der Waals surface area contributed by atoms with Gasteiger partial charge in [0.05, 0.1) is 0 Å². The van der Waals surface area contributed by atoms with Crippen LogP contribution in [0.4, 0.5) is 5.69 Å². The molecule has 2 heterocycles. The molecule has 2 aromatic heterocycles. The fraction of sp³-hybridized carbons (Fsp3) is 0.0400. The summed E-state index contributed by atoms with van der Waals surface area (Å²) >= 11 is 0. The number of fused-ring (bicyclic) bond motifs is 2. The summed E-state index contributed by atoms with van der Waals surface area (Å²) in [6.45, 7) is 2.08. The van der Waals surface area contributed by atoms with E-state index in [1.165, 1.54) is 11.8 Å². The lowest BCUT2D eigenvalue weighted by Gasteiger charge is -2.06. The minimum Gasteiger partial charge on any atom is -0.360 e. The van der Waals surface area contributed by atoms with E-state index in [0.717, 1.165) is 22.2 Å². The number of rotatable bonds is 3. The number of nitrogens with one attached hydrogen (secondary N) is 3. The van der Waals surface area contributed by atoms with Crippen molar-refractivity contribution in [1.29, 1.82) is 0 Å². The lowest BCUT2D eigenvalue weighted by molar-refractivity contribution is 0.102. The first-order valence-electron chi connectivity index (χ1n) is 9.71. The zero-order valence-electron chi connectivity index (χ0n) is 16.3. The molecule has 0 radical (unpaired) electrons. The van der Waals surface area contributed by atoms with Crippen LogP contribution in [0.3, 0.4) is 0 Å². The molecule has 1 amide bonds. The number of aromatic amines is 2.